The molecule has 0 aromatic rings. The highest BCUT2D eigenvalue weighted by Crippen LogP contribution is 2.28. The topological polar surface area (TPSA) is 49.6 Å². The summed E-state index contributed by atoms with van der Waals surface area (Å²) in [7, 11) is 1.88. The first-order valence-corrected chi connectivity index (χ1v) is 5.84. The van der Waals surface area contributed by atoms with Crippen molar-refractivity contribution in [3.05, 3.63) is 0 Å². The first-order chi connectivity index (χ1) is 7.06. The predicted molar refractivity (Wildman–Crippen MR) is 59.4 cm³/mol. The molecule has 2 rings (SSSR count). The van der Waals surface area contributed by atoms with Crippen molar-refractivity contribution in [2.75, 3.05) is 26.7 Å². The van der Waals surface area contributed by atoms with Gasteiger partial charge in [-0.3, -0.25) is 9.69 Å². The van der Waals surface area contributed by atoms with Gasteiger partial charge in [-0.2, -0.15) is 0 Å². The molecule has 2 aliphatic rings. The summed E-state index contributed by atoms with van der Waals surface area (Å²) in [5.74, 6) is 0.272. The van der Waals surface area contributed by atoms with E-state index >= 15 is 0 Å². The molecule has 0 aromatic carbocycles. The van der Waals surface area contributed by atoms with E-state index in [4.69, 9.17) is 5.73 Å². The van der Waals surface area contributed by atoms with E-state index in [0.717, 1.165) is 38.9 Å². The molecule has 86 valence electrons. The summed E-state index contributed by atoms with van der Waals surface area (Å²) in [6.45, 7) is 4.84. The maximum Gasteiger partial charge on any atom is 0.239 e. The van der Waals surface area contributed by atoms with E-state index in [1.54, 1.807) is 0 Å². The Morgan fingerprint density at radius 1 is 1.53 bits per heavy atom. The Kier molecular flexibility index (Phi) is 2.73. The van der Waals surface area contributed by atoms with Crippen LogP contribution in [0.4, 0.5) is 0 Å². The molecule has 2 heterocycles. The highest BCUT2D eigenvalue weighted by atomic mass is 16.2. The molecule has 0 aliphatic carbocycles. The van der Waals surface area contributed by atoms with Gasteiger partial charge in [0, 0.05) is 32.2 Å². The van der Waals surface area contributed by atoms with Crippen molar-refractivity contribution in [2.45, 2.75) is 37.8 Å². The minimum absolute atomic E-state index is 0.0177. The van der Waals surface area contributed by atoms with E-state index in [1.165, 1.54) is 0 Å². The summed E-state index contributed by atoms with van der Waals surface area (Å²) >= 11 is 0. The first-order valence-electron chi connectivity index (χ1n) is 5.84. The van der Waals surface area contributed by atoms with Crippen LogP contribution in [0.2, 0.25) is 0 Å². The molecular formula is C11H21N3O. The molecule has 0 bridgehead atoms. The average Bonchev–Trinajstić information content (AvgIpc) is 2.44. The van der Waals surface area contributed by atoms with Crippen molar-refractivity contribution in [1.82, 2.24) is 9.80 Å². The van der Waals surface area contributed by atoms with E-state index in [2.05, 4.69) is 11.8 Å². The van der Waals surface area contributed by atoms with E-state index in [-0.39, 0.29) is 17.5 Å². The lowest BCUT2D eigenvalue weighted by atomic mass is 9.85. The third-order valence-corrected chi connectivity index (χ3v) is 3.62. The zero-order valence-corrected chi connectivity index (χ0v) is 9.70. The van der Waals surface area contributed by atoms with E-state index in [0.29, 0.717) is 0 Å². The van der Waals surface area contributed by atoms with Crippen molar-refractivity contribution in [1.29, 1.82) is 0 Å². The molecule has 2 N–H and O–H groups in total. The maximum atomic E-state index is 11.8. The lowest BCUT2D eigenvalue weighted by molar-refractivity contribution is -0.133. The number of hydrogen-bond donors (Lipinski definition) is 1. The molecule has 2 aliphatic heterocycles. The molecule has 0 radical (unpaired) electrons. The van der Waals surface area contributed by atoms with Gasteiger partial charge in [0.25, 0.3) is 0 Å². The van der Waals surface area contributed by atoms with Crippen LogP contribution in [0.5, 0.6) is 0 Å². The molecule has 1 unspecified atom stereocenters. The highest BCUT2D eigenvalue weighted by molar-refractivity contribution is 5.83. The third-order valence-electron chi connectivity index (χ3n) is 3.62. The molecule has 2 saturated heterocycles. The molecule has 15 heavy (non-hydrogen) atoms. The van der Waals surface area contributed by atoms with Gasteiger partial charge in [0.05, 0.1) is 6.04 Å². The van der Waals surface area contributed by atoms with Crippen LogP contribution in [0.25, 0.3) is 0 Å². The second-order valence-corrected chi connectivity index (χ2v) is 5.08. The number of likely N-dealkylation sites (N-methyl/N-ethyl adjacent to an activating group) is 1. The molecule has 4 nitrogen and oxygen atoms in total. The maximum absolute atomic E-state index is 11.8. The largest absolute Gasteiger partial charge is 0.344 e. The van der Waals surface area contributed by atoms with Crippen molar-refractivity contribution < 1.29 is 4.79 Å². The molecule has 0 spiro atoms. The lowest BCUT2D eigenvalue weighted by Gasteiger charge is -2.50. The van der Waals surface area contributed by atoms with Gasteiger partial charge < -0.3 is 10.6 Å². The van der Waals surface area contributed by atoms with E-state index in [1.807, 2.05) is 11.9 Å². The summed E-state index contributed by atoms with van der Waals surface area (Å²) in [6.07, 6.45) is 3.17. The Balaban J connectivity index is 1.87. The van der Waals surface area contributed by atoms with Crippen molar-refractivity contribution >= 4 is 5.91 Å². The number of hydrogen-bond acceptors (Lipinski definition) is 3. The monoisotopic (exact) mass is 211 g/mol. The SMILES string of the molecule is CCCC1(N)CN(C2CCN(C)C2=O)C1. The Hall–Kier alpha value is -0.610. The predicted octanol–water partition coefficient (Wildman–Crippen LogP) is 0.0303. The normalized spacial score (nSPS) is 30.7. The second-order valence-electron chi connectivity index (χ2n) is 5.08. The fourth-order valence-electron chi connectivity index (χ4n) is 2.78. The van der Waals surface area contributed by atoms with Crippen LogP contribution in [0.3, 0.4) is 0 Å². The van der Waals surface area contributed by atoms with Gasteiger partial charge >= 0.3 is 0 Å². The molecule has 0 saturated carbocycles. The molecule has 2 fully saturated rings. The van der Waals surface area contributed by atoms with Crippen LogP contribution in [-0.2, 0) is 4.79 Å². The molecule has 4 heteroatoms. The summed E-state index contributed by atoms with van der Waals surface area (Å²) in [4.78, 5) is 15.8. The first kappa shape index (κ1) is 10.9. The summed E-state index contributed by atoms with van der Waals surface area (Å²) < 4.78 is 0. The van der Waals surface area contributed by atoms with E-state index in [9.17, 15) is 4.79 Å². The summed E-state index contributed by atoms with van der Waals surface area (Å²) in [5, 5.41) is 0. The smallest absolute Gasteiger partial charge is 0.239 e. The Labute approximate surface area is 91.4 Å². The Morgan fingerprint density at radius 3 is 2.67 bits per heavy atom. The van der Waals surface area contributed by atoms with Crippen LogP contribution >= 0.6 is 0 Å². The van der Waals surface area contributed by atoms with Gasteiger partial charge in [-0.15, -0.1) is 0 Å². The fraction of sp³-hybridized carbons (Fsp3) is 0.909. The minimum Gasteiger partial charge on any atom is -0.344 e. The van der Waals surface area contributed by atoms with Crippen LogP contribution in [-0.4, -0.2) is 54.0 Å². The number of carbonyl (C=O) groups excluding carboxylic acids is 1. The molecule has 1 amide bonds. The zero-order chi connectivity index (χ0) is 11.1. The van der Waals surface area contributed by atoms with Gasteiger partial charge in [0.1, 0.15) is 0 Å². The van der Waals surface area contributed by atoms with Crippen LogP contribution in [0, 0.1) is 0 Å². The number of nitrogens with zero attached hydrogens (tertiary/aromatic N) is 2. The number of nitrogens with two attached hydrogens (primary N) is 1. The standard InChI is InChI=1S/C11H21N3O/c1-3-5-11(12)7-14(8-11)9-4-6-13(2)10(9)15/h9H,3-8,12H2,1-2H3. The van der Waals surface area contributed by atoms with Crippen molar-refractivity contribution in [2.24, 2.45) is 5.73 Å². The number of amides is 1. The van der Waals surface area contributed by atoms with Crippen LogP contribution in [0.1, 0.15) is 26.2 Å². The summed E-state index contributed by atoms with van der Waals surface area (Å²) in [6, 6.07) is 0.114. The van der Waals surface area contributed by atoms with E-state index < -0.39 is 0 Å². The van der Waals surface area contributed by atoms with Crippen LogP contribution < -0.4 is 5.73 Å². The Morgan fingerprint density at radius 2 is 2.20 bits per heavy atom. The van der Waals surface area contributed by atoms with Gasteiger partial charge in [0.15, 0.2) is 0 Å². The average molecular weight is 211 g/mol. The molecule has 1 atom stereocenters. The minimum atomic E-state index is -0.0177. The van der Waals surface area contributed by atoms with Gasteiger partial charge in [-0.1, -0.05) is 13.3 Å². The van der Waals surface area contributed by atoms with Crippen molar-refractivity contribution in [3.8, 4) is 0 Å². The number of likely N-dealkylation sites (tertiary alicyclic amines) is 2. The summed E-state index contributed by atoms with van der Waals surface area (Å²) in [5.41, 5.74) is 6.17. The third kappa shape index (κ3) is 1.88. The molecular weight excluding hydrogens is 190 g/mol. The van der Waals surface area contributed by atoms with Gasteiger partial charge in [-0.25, -0.2) is 0 Å². The van der Waals surface area contributed by atoms with Gasteiger partial charge in [-0.05, 0) is 12.8 Å². The molecule has 0 aromatic heterocycles. The number of rotatable bonds is 3. The number of carbonyl (C=O) groups is 1. The lowest BCUT2D eigenvalue weighted by Crippen LogP contribution is -2.70. The van der Waals surface area contributed by atoms with Crippen LogP contribution in [0.15, 0.2) is 0 Å². The fourth-order valence-corrected chi connectivity index (χ4v) is 2.78. The Bertz CT molecular complexity index is 261. The van der Waals surface area contributed by atoms with Gasteiger partial charge in [0.2, 0.25) is 5.91 Å². The van der Waals surface area contributed by atoms with Crippen molar-refractivity contribution in [3.63, 3.8) is 0 Å². The highest BCUT2D eigenvalue weighted by Gasteiger charge is 2.46. The quantitative estimate of drug-likeness (QED) is 0.716. The second kappa shape index (κ2) is 3.76. The zero-order valence-electron chi connectivity index (χ0n) is 9.70.